The first-order chi connectivity index (χ1) is 16.3. The van der Waals surface area contributed by atoms with Crippen LogP contribution in [-0.2, 0) is 19.6 Å². The van der Waals surface area contributed by atoms with Crippen molar-refractivity contribution in [3.63, 3.8) is 0 Å². The molecule has 0 spiro atoms. The summed E-state index contributed by atoms with van der Waals surface area (Å²) in [6, 6.07) is 3.64. The van der Waals surface area contributed by atoms with Crippen LogP contribution in [0.15, 0.2) is 47.4 Å². The molecule has 34 heavy (non-hydrogen) atoms. The summed E-state index contributed by atoms with van der Waals surface area (Å²) in [7, 11) is -4.75. The first kappa shape index (κ1) is 29.6. The lowest BCUT2D eigenvalue weighted by molar-refractivity contribution is 0.0447. The molecular weight excluding hydrogens is 456 g/mol. The second-order valence-corrected chi connectivity index (χ2v) is 9.27. The van der Waals surface area contributed by atoms with E-state index >= 15 is 0 Å². The third-order valence-electron chi connectivity index (χ3n) is 5.03. The van der Waals surface area contributed by atoms with Crippen molar-refractivity contribution in [3.8, 4) is 0 Å². The van der Waals surface area contributed by atoms with Gasteiger partial charge in [-0.1, -0.05) is 44.2 Å². The SMILES string of the molecule is CC/C=C/CCCCCOC(=O)c1cccc(S(=O)(=O)O)c1C(=O)OCCCCC/C=C/CC. The first-order valence-electron chi connectivity index (χ1n) is 12.1. The minimum absolute atomic E-state index is 0.0805. The molecule has 1 N–H and O–H groups in total. The first-order valence-corrected chi connectivity index (χ1v) is 13.5. The third kappa shape index (κ3) is 11.6. The summed E-state index contributed by atoms with van der Waals surface area (Å²) in [5.74, 6) is -1.81. The Balaban J connectivity index is 2.73. The zero-order valence-corrected chi connectivity index (χ0v) is 21.1. The van der Waals surface area contributed by atoms with Gasteiger partial charge in [-0.3, -0.25) is 4.55 Å². The fourth-order valence-electron chi connectivity index (χ4n) is 3.26. The highest BCUT2D eigenvalue weighted by Crippen LogP contribution is 2.22. The monoisotopic (exact) mass is 494 g/mol. The van der Waals surface area contributed by atoms with Crippen molar-refractivity contribution in [1.82, 2.24) is 0 Å². The molecule has 0 fully saturated rings. The average Bonchev–Trinajstić information content (AvgIpc) is 2.81. The maximum absolute atomic E-state index is 12.7. The van der Waals surface area contributed by atoms with Crippen LogP contribution in [0.5, 0.6) is 0 Å². The van der Waals surface area contributed by atoms with Gasteiger partial charge in [0.1, 0.15) is 4.90 Å². The van der Waals surface area contributed by atoms with Crippen molar-refractivity contribution in [3.05, 3.63) is 53.6 Å². The van der Waals surface area contributed by atoms with E-state index in [1.165, 1.54) is 12.1 Å². The Morgan fingerprint density at radius 2 is 1.32 bits per heavy atom. The second kappa shape index (κ2) is 17.1. The largest absolute Gasteiger partial charge is 0.462 e. The van der Waals surface area contributed by atoms with Crippen LogP contribution in [0.3, 0.4) is 0 Å². The molecule has 0 heterocycles. The van der Waals surface area contributed by atoms with Crippen molar-refractivity contribution in [2.45, 2.75) is 83.0 Å². The number of allylic oxidation sites excluding steroid dienone is 4. The maximum Gasteiger partial charge on any atom is 0.340 e. The molecule has 8 heteroatoms. The average molecular weight is 495 g/mol. The Morgan fingerprint density at radius 1 is 0.794 bits per heavy atom. The quantitative estimate of drug-likeness (QED) is 0.117. The van der Waals surface area contributed by atoms with E-state index in [0.29, 0.717) is 12.8 Å². The summed E-state index contributed by atoms with van der Waals surface area (Å²) in [6.07, 6.45) is 17.2. The van der Waals surface area contributed by atoms with Crippen molar-refractivity contribution in [2.24, 2.45) is 0 Å². The number of carbonyl (C=O) groups excluding carboxylic acids is 2. The number of ether oxygens (including phenoxy) is 2. The van der Waals surface area contributed by atoms with Crippen LogP contribution in [-0.4, -0.2) is 38.1 Å². The van der Waals surface area contributed by atoms with E-state index in [0.717, 1.165) is 57.4 Å². The van der Waals surface area contributed by atoms with E-state index in [2.05, 4.69) is 38.2 Å². The van der Waals surface area contributed by atoms with Gasteiger partial charge in [0.15, 0.2) is 0 Å². The van der Waals surface area contributed by atoms with Crippen molar-refractivity contribution < 1.29 is 32.0 Å². The molecule has 0 aromatic heterocycles. The lowest BCUT2D eigenvalue weighted by Crippen LogP contribution is -2.19. The molecule has 0 aliphatic rings. The van der Waals surface area contributed by atoms with Gasteiger partial charge in [-0.05, 0) is 76.3 Å². The molecule has 0 radical (unpaired) electrons. The van der Waals surface area contributed by atoms with Gasteiger partial charge in [0.05, 0.1) is 24.3 Å². The Hall–Kier alpha value is -2.45. The van der Waals surface area contributed by atoms with Crippen LogP contribution in [0.1, 0.15) is 98.8 Å². The molecule has 0 amide bonds. The lowest BCUT2D eigenvalue weighted by Gasteiger charge is -2.12. The van der Waals surface area contributed by atoms with Gasteiger partial charge < -0.3 is 9.47 Å². The Morgan fingerprint density at radius 3 is 1.82 bits per heavy atom. The highest BCUT2D eigenvalue weighted by atomic mass is 32.2. The van der Waals surface area contributed by atoms with Crippen LogP contribution in [0, 0.1) is 0 Å². The molecule has 0 atom stereocenters. The number of benzene rings is 1. The molecular formula is C26H38O7S. The topological polar surface area (TPSA) is 107 Å². The minimum Gasteiger partial charge on any atom is -0.462 e. The minimum atomic E-state index is -4.75. The molecule has 7 nitrogen and oxygen atoms in total. The smallest absolute Gasteiger partial charge is 0.340 e. The highest BCUT2D eigenvalue weighted by molar-refractivity contribution is 7.86. The Kier molecular flexibility index (Phi) is 14.8. The number of esters is 2. The fraction of sp³-hybridized carbons (Fsp3) is 0.538. The highest BCUT2D eigenvalue weighted by Gasteiger charge is 2.28. The third-order valence-corrected chi connectivity index (χ3v) is 5.93. The summed E-state index contributed by atoms with van der Waals surface area (Å²) >= 11 is 0. The standard InChI is InChI=1S/C26H38O7S/c1-3-5-7-9-11-13-15-20-32-25(27)22-18-17-19-23(34(29,30)31)24(22)26(28)33-21-16-14-12-10-8-6-4-2/h5-8,17-19H,3-4,9-16,20-21H2,1-2H3,(H,29,30,31)/b7-5+,8-6+. The van der Waals surface area contributed by atoms with E-state index < -0.39 is 32.5 Å². The van der Waals surface area contributed by atoms with Gasteiger partial charge in [0.2, 0.25) is 0 Å². The van der Waals surface area contributed by atoms with Crippen LogP contribution in [0.25, 0.3) is 0 Å². The number of carbonyl (C=O) groups is 2. The fourth-order valence-corrected chi connectivity index (χ4v) is 3.96. The van der Waals surface area contributed by atoms with Gasteiger partial charge in [-0.2, -0.15) is 8.42 Å². The molecule has 1 aromatic rings. The molecule has 190 valence electrons. The van der Waals surface area contributed by atoms with E-state index in [9.17, 15) is 22.6 Å². The maximum atomic E-state index is 12.7. The van der Waals surface area contributed by atoms with Crippen molar-refractivity contribution in [1.29, 1.82) is 0 Å². The summed E-state index contributed by atoms with van der Waals surface area (Å²) < 4.78 is 43.7. The summed E-state index contributed by atoms with van der Waals surface area (Å²) in [6.45, 7) is 4.37. The van der Waals surface area contributed by atoms with Crippen LogP contribution in [0.4, 0.5) is 0 Å². The van der Waals surface area contributed by atoms with Crippen molar-refractivity contribution >= 4 is 22.1 Å². The molecule has 1 aromatic carbocycles. The van der Waals surface area contributed by atoms with Gasteiger partial charge >= 0.3 is 11.9 Å². The van der Waals surface area contributed by atoms with E-state index in [4.69, 9.17) is 9.47 Å². The summed E-state index contributed by atoms with van der Waals surface area (Å²) in [4.78, 5) is 24.6. The summed E-state index contributed by atoms with van der Waals surface area (Å²) in [5, 5.41) is 0. The van der Waals surface area contributed by atoms with Crippen molar-refractivity contribution in [2.75, 3.05) is 13.2 Å². The molecule has 0 saturated heterocycles. The number of hydrogen-bond acceptors (Lipinski definition) is 6. The number of rotatable bonds is 17. The molecule has 1 rings (SSSR count). The van der Waals surface area contributed by atoms with Gasteiger partial charge in [0.25, 0.3) is 10.1 Å². The normalized spacial score (nSPS) is 11.9. The lowest BCUT2D eigenvalue weighted by atomic mass is 10.1. The number of unbranched alkanes of at least 4 members (excludes halogenated alkanes) is 6. The van der Waals surface area contributed by atoms with E-state index in [1.54, 1.807) is 0 Å². The Labute approximate surface area is 204 Å². The predicted octanol–water partition coefficient (Wildman–Crippen LogP) is 6.30. The molecule has 0 bridgehead atoms. The second-order valence-electron chi connectivity index (χ2n) is 7.88. The van der Waals surface area contributed by atoms with Crippen LogP contribution < -0.4 is 0 Å². The van der Waals surface area contributed by atoms with Crippen LogP contribution in [0.2, 0.25) is 0 Å². The zero-order valence-electron chi connectivity index (χ0n) is 20.3. The van der Waals surface area contributed by atoms with E-state index in [1.807, 2.05) is 0 Å². The molecule has 0 aliphatic heterocycles. The predicted molar refractivity (Wildman–Crippen MR) is 133 cm³/mol. The van der Waals surface area contributed by atoms with Gasteiger partial charge in [0, 0.05) is 0 Å². The molecule has 0 aliphatic carbocycles. The summed E-state index contributed by atoms with van der Waals surface area (Å²) in [5.41, 5.74) is -0.735. The van der Waals surface area contributed by atoms with Gasteiger partial charge in [-0.25, -0.2) is 9.59 Å². The Bertz CT molecular complexity index is 917. The number of hydrogen-bond donors (Lipinski definition) is 1. The molecule has 0 saturated carbocycles. The zero-order chi connectivity index (χ0) is 25.2. The van der Waals surface area contributed by atoms with Crippen LogP contribution >= 0.6 is 0 Å². The molecule has 0 unspecified atom stereocenters. The van der Waals surface area contributed by atoms with E-state index in [-0.39, 0.29) is 18.8 Å². The van der Waals surface area contributed by atoms with Gasteiger partial charge in [-0.15, -0.1) is 0 Å².